The van der Waals surface area contributed by atoms with E-state index in [1.54, 1.807) is 7.11 Å². The lowest BCUT2D eigenvalue weighted by Gasteiger charge is -2.41. The smallest absolute Gasteiger partial charge is 0.247 e. The van der Waals surface area contributed by atoms with Crippen LogP contribution in [-0.2, 0) is 14.3 Å². The molecule has 5 nitrogen and oxygen atoms in total. The van der Waals surface area contributed by atoms with Gasteiger partial charge in [-0.05, 0) is 33.1 Å². The third kappa shape index (κ3) is 2.29. The predicted molar refractivity (Wildman–Crippen MR) is 67.0 cm³/mol. The van der Waals surface area contributed by atoms with Gasteiger partial charge in [-0.1, -0.05) is 0 Å². The number of hydrogen-bond acceptors (Lipinski definition) is 4. The fourth-order valence-electron chi connectivity index (χ4n) is 2.69. The first-order valence-corrected chi connectivity index (χ1v) is 6.63. The normalized spacial score (nSPS) is 26.9. The minimum atomic E-state index is -0.368. The van der Waals surface area contributed by atoms with Gasteiger partial charge in [-0.3, -0.25) is 14.5 Å². The Morgan fingerprint density at radius 2 is 2.11 bits per heavy atom. The molecule has 0 spiro atoms. The lowest BCUT2D eigenvalue weighted by molar-refractivity contribution is -0.140. The van der Waals surface area contributed by atoms with Crippen LogP contribution in [0.2, 0.25) is 0 Å². The summed E-state index contributed by atoms with van der Waals surface area (Å²) in [6, 6.07) is -0.426. The molecule has 1 unspecified atom stereocenters. The lowest BCUT2D eigenvalue weighted by atomic mass is 9.80. The van der Waals surface area contributed by atoms with Gasteiger partial charge in [0.05, 0.1) is 18.1 Å². The SMILES string of the molecule is COC1(CNC2CC(=O)N(C(C)C)C2=O)CCC1. The molecule has 0 aromatic rings. The molecule has 2 fully saturated rings. The summed E-state index contributed by atoms with van der Waals surface area (Å²) in [5.41, 5.74) is -0.116. The minimum absolute atomic E-state index is 0.0584. The number of likely N-dealkylation sites (tertiary alicyclic amines) is 1. The summed E-state index contributed by atoms with van der Waals surface area (Å²) in [4.78, 5) is 25.2. The van der Waals surface area contributed by atoms with Crippen LogP contribution in [0.25, 0.3) is 0 Å². The van der Waals surface area contributed by atoms with E-state index in [0.717, 1.165) is 12.8 Å². The van der Waals surface area contributed by atoms with Crippen molar-refractivity contribution in [1.82, 2.24) is 10.2 Å². The van der Waals surface area contributed by atoms with Gasteiger partial charge < -0.3 is 10.1 Å². The van der Waals surface area contributed by atoms with Crippen LogP contribution in [0.1, 0.15) is 39.5 Å². The first-order valence-electron chi connectivity index (χ1n) is 6.63. The van der Waals surface area contributed by atoms with E-state index in [1.165, 1.54) is 11.3 Å². The first-order chi connectivity index (χ1) is 8.49. The Kier molecular flexibility index (Phi) is 3.73. The number of imide groups is 1. The van der Waals surface area contributed by atoms with Gasteiger partial charge in [-0.2, -0.15) is 0 Å². The van der Waals surface area contributed by atoms with Crippen LogP contribution in [0.15, 0.2) is 0 Å². The number of methoxy groups -OCH3 is 1. The van der Waals surface area contributed by atoms with Crippen molar-refractivity contribution < 1.29 is 14.3 Å². The second-order valence-electron chi connectivity index (χ2n) is 5.57. The zero-order valence-electron chi connectivity index (χ0n) is 11.4. The summed E-state index contributed by atoms with van der Waals surface area (Å²) in [5, 5.41) is 3.20. The Labute approximate surface area is 108 Å². The molecule has 1 aliphatic heterocycles. The summed E-state index contributed by atoms with van der Waals surface area (Å²) in [6.07, 6.45) is 3.50. The molecule has 0 radical (unpaired) electrons. The maximum atomic E-state index is 12.1. The second-order valence-corrected chi connectivity index (χ2v) is 5.57. The molecule has 2 rings (SSSR count). The minimum Gasteiger partial charge on any atom is -0.377 e. The van der Waals surface area contributed by atoms with E-state index >= 15 is 0 Å². The zero-order chi connectivity index (χ0) is 13.3. The fraction of sp³-hybridized carbons (Fsp3) is 0.846. The third-order valence-corrected chi connectivity index (χ3v) is 4.07. The Morgan fingerprint density at radius 3 is 2.50 bits per heavy atom. The van der Waals surface area contributed by atoms with Crippen molar-refractivity contribution in [3.63, 3.8) is 0 Å². The molecule has 1 aliphatic carbocycles. The maximum Gasteiger partial charge on any atom is 0.247 e. The van der Waals surface area contributed by atoms with Crippen molar-refractivity contribution in [1.29, 1.82) is 0 Å². The Balaban J connectivity index is 1.91. The van der Waals surface area contributed by atoms with Crippen LogP contribution >= 0.6 is 0 Å². The average molecular weight is 254 g/mol. The topological polar surface area (TPSA) is 58.6 Å². The predicted octanol–water partition coefficient (Wildman–Crippen LogP) is 0.681. The number of carbonyl (C=O) groups is 2. The summed E-state index contributed by atoms with van der Waals surface area (Å²) in [7, 11) is 1.71. The van der Waals surface area contributed by atoms with Crippen molar-refractivity contribution in [2.45, 2.75) is 57.2 Å². The fourth-order valence-corrected chi connectivity index (χ4v) is 2.69. The van der Waals surface area contributed by atoms with Gasteiger partial charge in [0.1, 0.15) is 0 Å². The number of nitrogens with zero attached hydrogens (tertiary/aromatic N) is 1. The van der Waals surface area contributed by atoms with Gasteiger partial charge in [0, 0.05) is 19.7 Å². The van der Waals surface area contributed by atoms with Crippen LogP contribution in [0.4, 0.5) is 0 Å². The molecule has 2 amide bonds. The molecule has 2 aliphatic rings. The molecule has 0 bridgehead atoms. The highest BCUT2D eigenvalue weighted by atomic mass is 16.5. The van der Waals surface area contributed by atoms with Crippen molar-refractivity contribution in [2.75, 3.05) is 13.7 Å². The maximum absolute atomic E-state index is 12.1. The molecular formula is C13H22N2O3. The van der Waals surface area contributed by atoms with Crippen LogP contribution < -0.4 is 5.32 Å². The Morgan fingerprint density at radius 1 is 1.44 bits per heavy atom. The third-order valence-electron chi connectivity index (χ3n) is 4.07. The molecule has 102 valence electrons. The summed E-state index contributed by atoms with van der Waals surface area (Å²) >= 11 is 0. The molecule has 5 heteroatoms. The zero-order valence-corrected chi connectivity index (χ0v) is 11.4. The van der Waals surface area contributed by atoms with E-state index in [-0.39, 0.29) is 35.9 Å². The molecule has 1 heterocycles. The number of nitrogens with one attached hydrogen (secondary N) is 1. The second kappa shape index (κ2) is 4.97. The van der Waals surface area contributed by atoms with Crippen molar-refractivity contribution in [3.05, 3.63) is 0 Å². The van der Waals surface area contributed by atoms with E-state index < -0.39 is 0 Å². The monoisotopic (exact) mass is 254 g/mol. The van der Waals surface area contributed by atoms with Crippen molar-refractivity contribution in [2.24, 2.45) is 0 Å². The highest BCUT2D eigenvalue weighted by molar-refractivity contribution is 6.05. The molecule has 1 N–H and O–H groups in total. The Hall–Kier alpha value is -0.940. The van der Waals surface area contributed by atoms with Crippen LogP contribution in [0, 0.1) is 0 Å². The standard InChI is InChI=1S/C13H22N2O3/c1-9(2)15-11(16)7-10(12(15)17)14-8-13(18-3)5-4-6-13/h9-10,14H,4-8H2,1-3H3. The lowest BCUT2D eigenvalue weighted by Crippen LogP contribution is -2.52. The van der Waals surface area contributed by atoms with Gasteiger partial charge >= 0.3 is 0 Å². The van der Waals surface area contributed by atoms with Gasteiger partial charge in [-0.25, -0.2) is 0 Å². The van der Waals surface area contributed by atoms with E-state index in [9.17, 15) is 9.59 Å². The largest absolute Gasteiger partial charge is 0.377 e. The van der Waals surface area contributed by atoms with Gasteiger partial charge in [0.2, 0.25) is 11.8 Å². The van der Waals surface area contributed by atoms with Gasteiger partial charge in [0.25, 0.3) is 0 Å². The summed E-state index contributed by atoms with van der Waals surface area (Å²) in [5.74, 6) is -0.173. The molecule has 1 atom stereocenters. The van der Waals surface area contributed by atoms with Gasteiger partial charge in [-0.15, -0.1) is 0 Å². The number of carbonyl (C=O) groups excluding carboxylic acids is 2. The summed E-state index contributed by atoms with van der Waals surface area (Å²) < 4.78 is 5.50. The molecule has 0 aromatic heterocycles. The first kappa shape index (κ1) is 13.5. The van der Waals surface area contributed by atoms with Crippen molar-refractivity contribution in [3.8, 4) is 0 Å². The number of rotatable bonds is 5. The summed E-state index contributed by atoms with van der Waals surface area (Å²) in [6.45, 7) is 4.38. The van der Waals surface area contributed by atoms with Crippen molar-refractivity contribution >= 4 is 11.8 Å². The molecular weight excluding hydrogens is 232 g/mol. The number of hydrogen-bond donors (Lipinski definition) is 1. The average Bonchev–Trinajstić information content (AvgIpc) is 2.53. The molecule has 18 heavy (non-hydrogen) atoms. The molecule has 1 saturated carbocycles. The van der Waals surface area contributed by atoms with Gasteiger partial charge in [0.15, 0.2) is 0 Å². The quantitative estimate of drug-likeness (QED) is 0.733. The van der Waals surface area contributed by atoms with Crippen LogP contribution in [0.5, 0.6) is 0 Å². The van der Waals surface area contributed by atoms with E-state index in [2.05, 4.69) is 5.32 Å². The van der Waals surface area contributed by atoms with E-state index in [0.29, 0.717) is 6.54 Å². The van der Waals surface area contributed by atoms with Crippen LogP contribution in [-0.4, -0.2) is 48.1 Å². The number of ether oxygens (including phenoxy) is 1. The molecule has 1 saturated heterocycles. The number of amides is 2. The highest BCUT2D eigenvalue weighted by Crippen LogP contribution is 2.34. The molecule has 0 aromatic carbocycles. The Bertz CT molecular complexity index is 345. The van der Waals surface area contributed by atoms with E-state index in [1.807, 2.05) is 13.8 Å². The van der Waals surface area contributed by atoms with Crippen LogP contribution in [0.3, 0.4) is 0 Å². The highest BCUT2D eigenvalue weighted by Gasteiger charge is 2.42. The van der Waals surface area contributed by atoms with E-state index in [4.69, 9.17) is 4.74 Å².